The molecule has 3 heterocycles. The first-order chi connectivity index (χ1) is 15.9. The number of nitriles is 1. The third-order valence-corrected chi connectivity index (χ3v) is 7.71. The lowest BCUT2D eigenvalue weighted by Crippen LogP contribution is -2.39. The first-order valence-electron chi connectivity index (χ1n) is 10.3. The maximum absolute atomic E-state index is 14.1. The number of hydrogen-bond acceptors (Lipinski definition) is 6. The van der Waals surface area contributed by atoms with E-state index >= 15 is 0 Å². The zero-order chi connectivity index (χ0) is 23.2. The van der Waals surface area contributed by atoms with Gasteiger partial charge in [-0.25, -0.2) is 8.42 Å². The van der Waals surface area contributed by atoms with Crippen molar-refractivity contribution in [1.29, 1.82) is 5.26 Å². The topological polar surface area (TPSA) is 109 Å². The molecule has 8 heteroatoms. The van der Waals surface area contributed by atoms with Crippen LogP contribution in [0.15, 0.2) is 89.4 Å². The van der Waals surface area contributed by atoms with Crippen molar-refractivity contribution in [2.24, 2.45) is 5.73 Å². The van der Waals surface area contributed by atoms with Gasteiger partial charge in [0.05, 0.1) is 18.2 Å². The number of nitrogens with zero attached hydrogens (tertiary/aromatic N) is 3. The number of para-hydroxylation sites is 1. The summed E-state index contributed by atoms with van der Waals surface area (Å²) < 4.78 is 35.4. The van der Waals surface area contributed by atoms with Crippen LogP contribution in [0.1, 0.15) is 28.2 Å². The number of rotatable bonds is 3. The molecular weight excluding hydrogens is 436 g/mol. The smallest absolute Gasteiger partial charge is 0.265 e. The molecule has 0 fully saturated rings. The molecule has 0 saturated carbocycles. The Morgan fingerprint density at radius 2 is 1.88 bits per heavy atom. The van der Waals surface area contributed by atoms with Gasteiger partial charge in [-0.3, -0.25) is 9.29 Å². The fraction of sp³-hybridized carbons (Fsp3) is 0.120. The van der Waals surface area contributed by atoms with E-state index in [4.69, 9.17) is 10.5 Å². The third kappa shape index (κ3) is 3.34. The molecule has 2 aliphatic heterocycles. The van der Waals surface area contributed by atoms with Gasteiger partial charge in [0.25, 0.3) is 10.0 Å². The molecular formula is C25H20N4O3S. The largest absolute Gasteiger partial charge is 0.439 e. The van der Waals surface area contributed by atoms with Crippen molar-refractivity contribution in [3.63, 3.8) is 0 Å². The van der Waals surface area contributed by atoms with E-state index in [9.17, 15) is 13.7 Å². The summed E-state index contributed by atoms with van der Waals surface area (Å²) in [5, 5.41) is 9.86. The predicted octanol–water partition coefficient (Wildman–Crippen LogP) is 3.92. The highest BCUT2D eigenvalue weighted by molar-refractivity contribution is 7.96. The molecule has 2 aromatic carbocycles. The average molecular weight is 457 g/mol. The summed E-state index contributed by atoms with van der Waals surface area (Å²) >= 11 is 0. The molecule has 2 aliphatic rings. The van der Waals surface area contributed by atoms with Gasteiger partial charge in [-0.05, 0) is 36.2 Å². The molecule has 2 N–H and O–H groups in total. The van der Waals surface area contributed by atoms with E-state index in [-0.39, 0.29) is 28.7 Å². The molecule has 0 amide bonds. The zero-order valence-electron chi connectivity index (χ0n) is 17.8. The summed E-state index contributed by atoms with van der Waals surface area (Å²) in [6, 6.07) is 20.3. The Hall–Kier alpha value is -4.09. The van der Waals surface area contributed by atoms with Crippen molar-refractivity contribution in [1.82, 2.24) is 4.98 Å². The summed E-state index contributed by atoms with van der Waals surface area (Å²) in [6.07, 6.45) is 3.14. The summed E-state index contributed by atoms with van der Waals surface area (Å²) in [5.41, 5.74) is 9.73. The lowest BCUT2D eigenvalue weighted by atomic mass is 9.89. The van der Waals surface area contributed by atoms with Crippen molar-refractivity contribution in [3.05, 3.63) is 112 Å². The van der Waals surface area contributed by atoms with E-state index in [2.05, 4.69) is 11.1 Å². The summed E-state index contributed by atoms with van der Waals surface area (Å²) in [6.45, 7) is 2.11. The van der Waals surface area contributed by atoms with Crippen LogP contribution in [0.2, 0.25) is 0 Å². The Labute approximate surface area is 192 Å². The molecule has 7 nitrogen and oxygen atoms in total. The fourth-order valence-corrected chi connectivity index (χ4v) is 6.13. The van der Waals surface area contributed by atoms with E-state index in [1.807, 2.05) is 37.3 Å². The molecule has 0 spiro atoms. The van der Waals surface area contributed by atoms with Crippen molar-refractivity contribution in [2.75, 3.05) is 4.31 Å². The number of anilines is 1. The van der Waals surface area contributed by atoms with Gasteiger partial charge in [-0.1, -0.05) is 48.0 Å². The fourth-order valence-electron chi connectivity index (χ4n) is 4.22. The molecule has 33 heavy (non-hydrogen) atoms. The van der Waals surface area contributed by atoms with Gasteiger partial charge < -0.3 is 10.5 Å². The molecule has 5 rings (SSSR count). The van der Waals surface area contributed by atoms with Crippen molar-refractivity contribution >= 4 is 21.5 Å². The maximum Gasteiger partial charge on any atom is 0.265 e. The van der Waals surface area contributed by atoms with Crippen LogP contribution in [0, 0.1) is 18.3 Å². The molecule has 1 atom stereocenters. The van der Waals surface area contributed by atoms with Crippen LogP contribution in [0.5, 0.6) is 0 Å². The molecule has 164 valence electrons. The van der Waals surface area contributed by atoms with Crippen molar-refractivity contribution in [2.45, 2.75) is 19.4 Å². The van der Waals surface area contributed by atoms with Crippen LogP contribution >= 0.6 is 0 Å². The number of ether oxygens (including phenoxy) is 1. The molecule has 1 aromatic heterocycles. The first-order valence-corrected chi connectivity index (χ1v) is 11.7. The second-order valence-electron chi connectivity index (χ2n) is 7.92. The maximum atomic E-state index is 14.1. The van der Waals surface area contributed by atoms with Gasteiger partial charge in [0.2, 0.25) is 5.88 Å². The predicted molar refractivity (Wildman–Crippen MR) is 125 cm³/mol. The number of aryl methyl sites for hydroxylation is 1. The minimum atomic E-state index is -4.09. The molecule has 0 bridgehead atoms. The van der Waals surface area contributed by atoms with Crippen molar-refractivity contribution < 1.29 is 13.2 Å². The SMILES string of the molecule is Cc1ccc(CN2c3ccccc3C3=C(C(c4cccnc4)C(C#N)=C(N)O3)S2(=O)=O)cc1. The average Bonchev–Trinajstić information content (AvgIpc) is 2.82. The van der Waals surface area contributed by atoms with E-state index in [1.54, 1.807) is 42.7 Å². The van der Waals surface area contributed by atoms with Gasteiger partial charge in [-0.15, -0.1) is 0 Å². The number of fused-ring (bicyclic) bond motifs is 2. The number of nitrogens with two attached hydrogens (primary N) is 1. The van der Waals surface area contributed by atoms with Gasteiger partial charge in [0.1, 0.15) is 16.5 Å². The van der Waals surface area contributed by atoms with Crippen LogP contribution < -0.4 is 10.0 Å². The van der Waals surface area contributed by atoms with Crippen LogP contribution in [-0.4, -0.2) is 13.4 Å². The quantitative estimate of drug-likeness (QED) is 0.640. The number of sulfonamides is 1. The number of pyridine rings is 1. The Morgan fingerprint density at radius 1 is 1.12 bits per heavy atom. The highest BCUT2D eigenvalue weighted by Crippen LogP contribution is 2.51. The van der Waals surface area contributed by atoms with Crippen LogP contribution in [0.4, 0.5) is 5.69 Å². The summed E-state index contributed by atoms with van der Waals surface area (Å²) in [5.74, 6) is -0.885. The number of benzene rings is 2. The number of allylic oxidation sites excluding steroid dienone is 2. The normalized spacial score (nSPS) is 18.8. The second kappa shape index (κ2) is 7.80. The van der Waals surface area contributed by atoms with E-state index in [0.717, 1.165) is 11.1 Å². The minimum Gasteiger partial charge on any atom is -0.439 e. The lowest BCUT2D eigenvalue weighted by Gasteiger charge is -2.38. The van der Waals surface area contributed by atoms with E-state index < -0.39 is 15.9 Å². The third-order valence-electron chi connectivity index (χ3n) is 5.82. The highest BCUT2D eigenvalue weighted by Gasteiger charge is 2.47. The Morgan fingerprint density at radius 3 is 2.58 bits per heavy atom. The van der Waals surface area contributed by atoms with Gasteiger partial charge in [0, 0.05) is 18.0 Å². The highest BCUT2D eigenvalue weighted by atomic mass is 32.2. The summed E-state index contributed by atoms with van der Waals surface area (Å²) in [4.78, 5) is 4.13. The Bertz CT molecular complexity index is 1450. The van der Waals surface area contributed by atoms with Crippen molar-refractivity contribution in [3.8, 4) is 6.07 Å². The molecule has 1 unspecified atom stereocenters. The van der Waals surface area contributed by atoms with Gasteiger partial charge >= 0.3 is 0 Å². The minimum absolute atomic E-state index is 0.00735. The molecule has 3 aromatic rings. The molecule has 0 radical (unpaired) electrons. The first kappa shape index (κ1) is 20.8. The van der Waals surface area contributed by atoms with Crippen LogP contribution in [0.3, 0.4) is 0 Å². The zero-order valence-corrected chi connectivity index (χ0v) is 18.6. The van der Waals surface area contributed by atoms with Crippen LogP contribution in [-0.2, 0) is 21.3 Å². The standard InChI is InChI=1S/C25H20N4O3S/c1-16-8-10-17(11-9-16)15-29-21-7-3-2-6-19(21)23-24(33(29,30)31)22(18-5-4-12-28-14-18)20(13-26)25(27)32-23/h2-12,14,22H,15,27H2,1H3. The lowest BCUT2D eigenvalue weighted by molar-refractivity contribution is 0.357. The van der Waals surface area contributed by atoms with Gasteiger partial charge in [0.15, 0.2) is 5.76 Å². The Balaban J connectivity index is 1.75. The molecule has 0 saturated heterocycles. The van der Waals surface area contributed by atoms with E-state index in [1.165, 1.54) is 4.31 Å². The van der Waals surface area contributed by atoms with Gasteiger partial charge in [-0.2, -0.15) is 5.26 Å². The second-order valence-corrected chi connectivity index (χ2v) is 9.75. The summed E-state index contributed by atoms with van der Waals surface area (Å²) in [7, 11) is -4.09. The Kier molecular flexibility index (Phi) is 4.91. The monoisotopic (exact) mass is 456 g/mol. The number of aromatic nitrogens is 1. The number of hydrogen-bond donors (Lipinski definition) is 1. The van der Waals surface area contributed by atoms with E-state index in [0.29, 0.717) is 16.8 Å². The van der Waals surface area contributed by atoms with Crippen LogP contribution in [0.25, 0.3) is 5.76 Å². The molecule has 0 aliphatic carbocycles.